The smallest absolute Gasteiger partial charge is 0.338 e. The van der Waals surface area contributed by atoms with Crippen molar-refractivity contribution in [2.45, 2.75) is 89.8 Å². The molecule has 0 saturated carbocycles. The highest BCUT2D eigenvalue weighted by Crippen LogP contribution is 2.37. The third-order valence-electron chi connectivity index (χ3n) is 9.77. The van der Waals surface area contributed by atoms with Crippen molar-refractivity contribution in [2.24, 2.45) is 5.92 Å². The van der Waals surface area contributed by atoms with Gasteiger partial charge in [-0.05, 0) is 37.1 Å². The lowest BCUT2D eigenvalue weighted by atomic mass is 10.1. The Bertz CT molecular complexity index is 2660. The van der Waals surface area contributed by atoms with Gasteiger partial charge < -0.3 is 24.7 Å². The zero-order chi connectivity index (χ0) is 43.5. The standard InChI is InChI=1S/C21H23FN6O5.C17H17FN6O4/c1-4-12-13(22)15(33-20(31)11-8-6-5-7-9-11)19(32-12)28-16-14(26-27-28)18(30)25-21(23-16)24-17(29)10(2)3;1-2-9-10(18)12(28-16(26)8-6-4-3-5-7-8)15(27-9)24-13-11(22-23-24)14(25)21-17(19)20-13/h5-10,12-13,15,19H,4H2,1-3H3,(H2,23,24,25,29,30);3-7,9-10,12,15H,2H2,1H3,(H3,19,20,21,25)/t12-,13-,15-,19-;9-,10-,12-,15-/m11/s1. The van der Waals surface area contributed by atoms with Crippen LogP contribution in [0.3, 0.4) is 0 Å². The number of alkyl halides is 2. The maximum Gasteiger partial charge on any atom is 0.338 e. The van der Waals surface area contributed by atoms with E-state index >= 15 is 4.39 Å². The second-order valence-corrected chi connectivity index (χ2v) is 14.2. The number of nitrogens with zero attached hydrogens (tertiary/aromatic N) is 8. The van der Waals surface area contributed by atoms with E-state index in [1.807, 2.05) is 0 Å². The highest BCUT2D eigenvalue weighted by atomic mass is 19.1. The molecule has 6 aromatic rings. The number of hydrogen-bond donors (Lipinski definition) is 4. The third-order valence-corrected chi connectivity index (χ3v) is 9.77. The van der Waals surface area contributed by atoms with Crippen LogP contribution in [0.2, 0.25) is 0 Å². The SMILES string of the molecule is CC[C@H]1O[C@@H](n2nnc3c(=O)[nH]c(N)nc32)[C@H](OC(=O)c2ccccc2)[C@@H]1F.CC[C@H]1O[C@@H](n2nnc3c(=O)[nH]c(NC(=O)C(C)C)nc32)[C@H](OC(=O)c2ccccc2)[C@@H]1F. The van der Waals surface area contributed by atoms with Crippen LogP contribution in [0.1, 0.15) is 73.7 Å². The van der Waals surface area contributed by atoms with Crippen molar-refractivity contribution < 1.29 is 42.1 Å². The predicted molar refractivity (Wildman–Crippen MR) is 209 cm³/mol. The first kappa shape index (κ1) is 42.1. The van der Waals surface area contributed by atoms with E-state index in [0.717, 1.165) is 9.36 Å². The van der Waals surface area contributed by atoms with Crippen LogP contribution in [0.5, 0.6) is 0 Å². The molecule has 2 aromatic carbocycles. The molecule has 0 unspecified atom stereocenters. The van der Waals surface area contributed by atoms with Gasteiger partial charge in [0.05, 0.1) is 23.3 Å². The van der Waals surface area contributed by atoms with E-state index in [-0.39, 0.29) is 57.2 Å². The number of benzene rings is 2. The lowest BCUT2D eigenvalue weighted by Gasteiger charge is -2.20. The van der Waals surface area contributed by atoms with Crippen LogP contribution in [0, 0.1) is 5.92 Å². The van der Waals surface area contributed by atoms with Crippen molar-refractivity contribution in [3.05, 3.63) is 92.5 Å². The number of nitrogens with two attached hydrogens (primary N) is 1. The van der Waals surface area contributed by atoms with Gasteiger partial charge in [-0.25, -0.2) is 18.4 Å². The summed E-state index contributed by atoms with van der Waals surface area (Å²) in [5.74, 6) is -2.41. The number of H-pyrrole nitrogens is 2. The number of carbonyl (C=O) groups is 3. The number of rotatable bonds is 10. The molecule has 6 heterocycles. The fourth-order valence-electron chi connectivity index (χ4n) is 6.58. The summed E-state index contributed by atoms with van der Waals surface area (Å²) in [4.78, 5) is 74.4. The Morgan fingerprint density at radius 2 is 1.20 bits per heavy atom. The summed E-state index contributed by atoms with van der Waals surface area (Å²) in [7, 11) is 0. The molecule has 0 aliphatic carbocycles. The van der Waals surface area contributed by atoms with Crippen LogP contribution < -0.4 is 22.2 Å². The highest BCUT2D eigenvalue weighted by molar-refractivity contribution is 5.91. The molecule has 8 rings (SSSR count). The molecule has 23 heteroatoms. The maximum absolute atomic E-state index is 15.2. The number of ether oxygens (including phenoxy) is 4. The molecule has 4 aromatic heterocycles. The van der Waals surface area contributed by atoms with E-state index < -0.39 is 72.3 Å². The first-order chi connectivity index (χ1) is 29.3. The average molecular weight is 847 g/mol. The van der Waals surface area contributed by atoms with Gasteiger partial charge >= 0.3 is 11.9 Å². The molecule has 0 spiro atoms. The number of nitrogen functional groups attached to an aromatic ring is 1. The maximum atomic E-state index is 15.2. The third kappa shape index (κ3) is 8.54. The lowest BCUT2D eigenvalue weighted by Crippen LogP contribution is -2.33. The van der Waals surface area contributed by atoms with Crippen molar-refractivity contribution in [1.29, 1.82) is 0 Å². The number of esters is 2. The van der Waals surface area contributed by atoms with E-state index in [1.54, 1.807) is 88.4 Å². The van der Waals surface area contributed by atoms with Gasteiger partial charge in [0, 0.05) is 5.92 Å². The number of carbonyl (C=O) groups excluding carboxylic acids is 3. The number of aromatic nitrogens is 10. The van der Waals surface area contributed by atoms with Crippen LogP contribution in [-0.4, -0.2) is 105 Å². The molecule has 2 fully saturated rings. The van der Waals surface area contributed by atoms with Gasteiger partial charge in [0.1, 0.15) is 0 Å². The summed E-state index contributed by atoms with van der Waals surface area (Å²) in [6.45, 7) is 6.85. The van der Waals surface area contributed by atoms with Crippen molar-refractivity contribution in [1.82, 2.24) is 49.9 Å². The number of nitrogens with one attached hydrogen (secondary N) is 3. The Kier molecular flexibility index (Phi) is 12.2. The van der Waals surface area contributed by atoms with E-state index in [2.05, 4.69) is 45.9 Å². The fraction of sp³-hybridized carbons (Fsp3) is 0.395. The number of fused-ring (bicyclic) bond motifs is 2. The predicted octanol–water partition coefficient (Wildman–Crippen LogP) is 2.95. The van der Waals surface area contributed by atoms with E-state index in [0.29, 0.717) is 12.8 Å². The van der Waals surface area contributed by atoms with Gasteiger partial charge in [-0.15, -0.1) is 10.2 Å². The van der Waals surface area contributed by atoms with Gasteiger partial charge in [-0.2, -0.15) is 19.3 Å². The molecule has 21 nitrogen and oxygen atoms in total. The van der Waals surface area contributed by atoms with Crippen LogP contribution in [0.25, 0.3) is 22.3 Å². The zero-order valence-corrected chi connectivity index (χ0v) is 33.0. The number of anilines is 2. The Balaban J connectivity index is 0.000000186. The summed E-state index contributed by atoms with van der Waals surface area (Å²) in [6.07, 6.45) is -9.30. The van der Waals surface area contributed by atoms with Gasteiger partial charge in [0.2, 0.25) is 17.8 Å². The Morgan fingerprint density at radius 1 is 0.754 bits per heavy atom. The van der Waals surface area contributed by atoms with Gasteiger partial charge in [-0.1, -0.05) is 74.5 Å². The zero-order valence-electron chi connectivity index (χ0n) is 33.0. The van der Waals surface area contributed by atoms with Crippen LogP contribution in [-0.2, 0) is 23.7 Å². The minimum absolute atomic E-state index is 0.0102. The molecule has 0 radical (unpaired) electrons. The molecule has 2 aliphatic rings. The molecule has 2 aliphatic heterocycles. The molecule has 8 atom stereocenters. The summed E-state index contributed by atoms with van der Waals surface area (Å²) in [5.41, 5.74) is 4.62. The molecule has 1 amide bonds. The van der Waals surface area contributed by atoms with E-state index in [1.165, 1.54) is 0 Å². The second-order valence-electron chi connectivity index (χ2n) is 14.2. The summed E-state index contributed by atoms with van der Waals surface area (Å²) in [5, 5.41) is 17.9. The second kappa shape index (κ2) is 17.7. The molecule has 0 bridgehead atoms. The highest BCUT2D eigenvalue weighted by Gasteiger charge is 2.50. The molecule has 320 valence electrons. The number of aromatic amines is 2. The van der Waals surface area contributed by atoms with Crippen LogP contribution in [0.4, 0.5) is 20.7 Å². The number of hydrogen-bond acceptors (Lipinski definition) is 16. The quantitative estimate of drug-likeness (QED) is 0.144. The average Bonchev–Trinajstić information content (AvgIpc) is 4.02. The summed E-state index contributed by atoms with van der Waals surface area (Å²) in [6, 6.07) is 16.4. The van der Waals surface area contributed by atoms with Gasteiger partial charge in [0.15, 0.2) is 59.3 Å². The van der Waals surface area contributed by atoms with Gasteiger partial charge in [-0.3, -0.25) is 29.7 Å². The van der Waals surface area contributed by atoms with Crippen molar-refractivity contribution in [3.8, 4) is 0 Å². The molecular formula is C38H40F2N12O9. The minimum atomic E-state index is -1.64. The van der Waals surface area contributed by atoms with Crippen molar-refractivity contribution in [2.75, 3.05) is 11.1 Å². The Hall–Kier alpha value is -7.01. The van der Waals surface area contributed by atoms with Crippen molar-refractivity contribution in [3.63, 3.8) is 0 Å². The lowest BCUT2D eigenvalue weighted by molar-refractivity contribution is -0.118. The first-order valence-electron chi connectivity index (χ1n) is 19.2. The number of amides is 1. The monoisotopic (exact) mass is 846 g/mol. The largest absolute Gasteiger partial charge is 0.451 e. The summed E-state index contributed by atoms with van der Waals surface area (Å²) >= 11 is 0. The Morgan fingerprint density at radius 3 is 1.64 bits per heavy atom. The molecule has 5 N–H and O–H groups in total. The molecular weight excluding hydrogens is 806 g/mol. The van der Waals surface area contributed by atoms with Gasteiger partial charge in [0.25, 0.3) is 11.1 Å². The molecule has 61 heavy (non-hydrogen) atoms. The topological polar surface area (TPSA) is 279 Å². The summed E-state index contributed by atoms with van der Waals surface area (Å²) < 4.78 is 54.7. The van der Waals surface area contributed by atoms with Crippen molar-refractivity contribution >= 4 is 52.1 Å². The number of halogens is 2. The van der Waals surface area contributed by atoms with Crippen LogP contribution >= 0.6 is 0 Å². The van der Waals surface area contributed by atoms with Crippen LogP contribution in [0.15, 0.2) is 70.3 Å². The first-order valence-corrected chi connectivity index (χ1v) is 19.2. The molecule has 2 saturated heterocycles. The normalized spacial score (nSPS) is 23.5. The Labute approximate surface area is 342 Å². The van der Waals surface area contributed by atoms with E-state index in [9.17, 15) is 28.4 Å². The minimum Gasteiger partial charge on any atom is -0.451 e. The fourth-order valence-corrected chi connectivity index (χ4v) is 6.58. The van der Waals surface area contributed by atoms with E-state index in [4.69, 9.17) is 24.7 Å².